The maximum Gasteiger partial charge on any atom is 0.148 e. The van der Waals surface area contributed by atoms with Crippen LogP contribution in [0.4, 0.5) is 5.82 Å². The van der Waals surface area contributed by atoms with E-state index in [2.05, 4.69) is 21.6 Å². The lowest BCUT2D eigenvalue weighted by molar-refractivity contribution is -0.00721. The van der Waals surface area contributed by atoms with Gasteiger partial charge in [0.05, 0.1) is 6.61 Å². The zero-order chi connectivity index (χ0) is 13.6. The molecule has 0 aliphatic heterocycles. The molecule has 4 nitrogen and oxygen atoms in total. The van der Waals surface area contributed by atoms with E-state index >= 15 is 0 Å². The van der Waals surface area contributed by atoms with Crippen molar-refractivity contribution in [2.75, 3.05) is 25.6 Å². The highest BCUT2D eigenvalue weighted by atomic mass is 16.5. The number of anilines is 1. The SMILES string of the molecule is COCCNc1cc(C23CC4CC(CC(C4)C2)C3)[nH]n1. The highest BCUT2D eigenvalue weighted by molar-refractivity contribution is 5.39. The van der Waals surface area contributed by atoms with Gasteiger partial charge in [-0.25, -0.2) is 0 Å². The van der Waals surface area contributed by atoms with E-state index in [1.165, 1.54) is 44.2 Å². The van der Waals surface area contributed by atoms with Gasteiger partial charge in [-0.15, -0.1) is 0 Å². The molecule has 2 N–H and O–H groups in total. The number of methoxy groups -OCH3 is 1. The van der Waals surface area contributed by atoms with Gasteiger partial charge in [-0.05, 0) is 56.3 Å². The van der Waals surface area contributed by atoms with Crippen LogP contribution in [-0.4, -0.2) is 30.5 Å². The fourth-order valence-electron chi connectivity index (χ4n) is 5.41. The van der Waals surface area contributed by atoms with Gasteiger partial charge in [0.15, 0.2) is 0 Å². The standard InChI is InChI=1S/C16H25N3O/c1-20-3-2-17-15-7-14(18-19-15)16-8-11-4-12(9-16)6-13(5-11)10-16/h7,11-13H,2-6,8-10H2,1H3,(H2,17,18,19). The average molecular weight is 275 g/mol. The quantitative estimate of drug-likeness (QED) is 0.812. The zero-order valence-corrected chi connectivity index (χ0v) is 12.3. The van der Waals surface area contributed by atoms with Crippen LogP contribution in [0, 0.1) is 17.8 Å². The Balaban J connectivity index is 1.52. The first kappa shape index (κ1) is 12.7. The fourth-order valence-corrected chi connectivity index (χ4v) is 5.41. The number of rotatable bonds is 5. The molecule has 4 heteroatoms. The van der Waals surface area contributed by atoms with Gasteiger partial charge in [-0.1, -0.05) is 0 Å². The van der Waals surface area contributed by atoms with Crippen molar-refractivity contribution >= 4 is 5.82 Å². The second-order valence-electron chi connectivity index (χ2n) is 7.28. The van der Waals surface area contributed by atoms with Crippen LogP contribution in [0.15, 0.2) is 6.07 Å². The molecule has 0 unspecified atom stereocenters. The average Bonchev–Trinajstić information content (AvgIpc) is 2.87. The number of nitrogens with one attached hydrogen (secondary N) is 2. The molecular weight excluding hydrogens is 250 g/mol. The molecule has 4 saturated carbocycles. The first-order chi connectivity index (χ1) is 9.77. The predicted molar refractivity (Wildman–Crippen MR) is 78.8 cm³/mol. The molecule has 20 heavy (non-hydrogen) atoms. The predicted octanol–water partition coefficient (Wildman–Crippen LogP) is 2.94. The Kier molecular flexibility index (Phi) is 3.02. The minimum atomic E-state index is 0.420. The lowest BCUT2D eigenvalue weighted by atomic mass is 9.49. The Morgan fingerprint density at radius 2 is 1.90 bits per heavy atom. The van der Waals surface area contributed by atoms with Crippen molar-refractivity contribution in [1.82, 2.24) is 10.2 Å². The molecule has 0 atom stereocenters. The Bertz CT molecular complexity index is 447. The summed E-state index contributed by atoms with van der Waals surface area (Å²) in [4.78, 5) is 0. The summed E-state index contributed by atoms with van der Waals surface area (Å²) in [6.07, 6.45) is 8.64. The van der Waals surface area contributed by atoms with E-state index in [0.717, 1.165) is 36.7 Å². The molecule has 4 fully saturated rings. The highest BCUT2D eigenvalue weighted by Gasteiger charge is 2.52. The van der Waals surface area contributed by atoms with E-state index < -0.39 is 0 Å². The molecule has 0 spiro atoms. The summed E-state index contributed by atoms with van der Waals surface area (Å²) in [6.45, 7) is 1.54. The monoisotopic (exact) mass is 275 g/mol. The minimum absolute atomic E-state index is 0.420. The molecule has 4 aliphatic carbocycles. The van der Waals surface area contributed by atoms with E-state index in [9.17, 15) is 0 Å². The second-order valence-corrected chi connectivity index (χ2v) is 7.28. The lowest BCUT2D eigenvalue weighted by Crippen LogP contribution is -2.48. The van der Waals surface area contributed by atoms with E-state index in [-0.39, 0.29) is 0 Å². The van der Waals surface area contributed by atoms with E-state index in [4.69, 9.17) is 4.74 Å². The molecule has 4 bridgehead atoms. The zero-order valence-electron chi connectivity index (χ0n) is 12.3. The number of nitrogens with zero attached hydrogens (tertiary/aromatic N) is 1. The van der Waals surface area contributed by atoms with Crippen molar-refractivity contribution in [2.24, 2.45) is 17.8 Å². The number of hydrogen-bond donors (Lipinski definition) is 2. The molecule has 1 aromatic rings. The summed E-state index contributed by atoms with van der Waals surface area (Å²) in [5.41, 5.74) is 1.81. The van der Waals surface area contributed by atoms with Gasteiger partial charge in [0.2, 0.25) is 0 Å². The molecular formula is C16H25N3O. The number of aromatic nitrogens is 2. The Morgan fingerprint density at radius 1 is 1.25 bits per heavy atom. The molecule has 0 radical (unpaired) electrons. The van der Waals surface area contributed by atoms with Crippen molar-refractivity contribution in [3.05, 3.63) is 11.8 Å². The van der Waals surface area contributed by atoms with Crippen LogP contribution in [-0.2, 0) is 10.2 Å². The Labute approximate surface area is 120 Å². The third kappa shape index (κ3) is 2.05. The molecule has 0 aromatic carbocycles. The van der Waals surface area contributed by atoms with Crippen LogP contribution in [0.2, 0.25) is 0 Å². The van der Waals surface area contributed by atoms with Gasteiger partial charge in [0.25, 0.3) is 0 Å². The van der Waals surface area contributed by atoms with Crippen LogP contribution in [0.5, 0.6) is 0 Å². The Morgan fingerprint density at radius 3 is 2.50 bits per heavy atom. The van der Waals surface area contributed by atoms with Gasteiger partial charge >= 0.3 is 0 Å². The van der Waals surface area contributed by atoms with Gasteiger partial charge in [0.1, 0.15) is 5.82 Å². The molecule has 1 heterocycles. The van der Waals surface area contributed by atoms with Crippen molar-refractivity contribution in [2.45, 2.75) is 43.9 Å². The summed E-state index contributed by atoms with van der Waals surface area (Å²) < 4.78 is 5.07. The number of aromatic amines is 1. The van der Waals surface area contributed by atoms with Crippen LogP contribution in [0.1, 0.15) is 44.2 Å². The van der Waals surface area contributed by atoms with Gasteiger partial charge < -0.3 is 10.1 Å². The van der Waals surface area contributed by atoms with Crippen LogP contribution in [0.3, 0.4) is 0 Å². The number of ether oxygens (including phenoxy) is 1. The lowest BCUT2D eigenvalue weighted by Gasteiger charge is -2.56. The number of hydrogen-bond acceptors (Lipinski definition) is 3. The summed E-state index contributed by atoms with van der Waals surface area (Å²) >= 11 is 0. The molecule has 1 aromatic heterocycles. The second kappa shape index (κ2) is 4.76. The summed E-state index contributed by atoms with van der Waals surface area (Å²) in [6, 6.07) is 2.25. The molecule has 5 rings (SSSR count). The molecule has 110 valence electrons. The molecule has 0 amide bonds. The maximum atomic E-state index is 5.07. The van der Waals surface area contributed by atoms with Gasteiger partial charge in [0, 0.05) is 30.8 Å². The van der Waals surface area contributed by atoms with Gasteiger partial charge in [-0.2, -0.15) is 5.10 Å². The van der Waals surface area contributed by atoms with Crippen molar-refractivity contribution in [3.63, 3.8) is 0 Å². The fraction of sp³-hybridized carbons (Fsp3) is 0.812. The third-order valence-electron chi connectivity index (χ3n) is 5.80. The van der Waals surface area contributed by atoms with Crippen LogP contribution in [0.25, 0.3) is 0 Å². The van der Waals surface area contributed by atoms with E-state index in [1.54, 1.807) is 7.11 Å². The normalized spacial score (nSPS) is 38.4. The van der Waals surface area contributed by atoms with Crippen LogP contribution < -0.4 is 5.32 Å². The Hall–Kier alpha value is -1.03. The summed E-state index contributed by atoms with van der Waals surface area (Å²) in [5, 5.41) is 11.1. The van der Waals surface area contributed by atoms with Crippen molar-refractivity contribution in [1.29, 1.82) is 0 Å². The summed E-state index contributed by atoms with van der Waals surface area (Å²) in [5.74, 6) is 3.92. The van der Waals surface area contributed by atoms with E-state index in [1.807, 2.05) is 0 Å². The largest absolute Gasteiger partial charge is 0.383 e. The maximum absolute atomic E-state index is 5.07. The highest BCUT2D eigenvalue weighted by Crippen LogP contribution is 2.60. The third-order valence-corrected chi connectivity index (χ3v) is 5.80. The number of H-pyrrole nitrogens is 1. The molecule has 0 saturated heterocycles. The minimum Gasteiger partial charge on any atom is -0.383 e. The van der Waals surface area contributed by atoms with Crippen LogP contribution >= 0.6 is 0 Å². The molecule has 4 aliphatic rings. The first-order valence-electron chi connectivity index (χ1n) is 8.06. The smallest absolute Gasteiger partial charge is 0.148 e. The summed E-state index contributed by atoms with van der Waals surface area (Å²) in [7, 11) is 1.73. The van der Waals surface area contributed by atoms with E-state index in [0.29, 0.717) is 5.41 Å². The van der Waals surface area contributed by atoms with Gasteiger partial charge in [-0.3, -0.25) is 5.10 Å². The topological polar surface area (TPSA) is 49.9 Å². The first-order valence-corrected chi connectivity index (χ1v) is 8.06. The van der Waals surface area contributed by atoms with Crippen molar-refractivity contribution < 1.29 is 4.74 Å². The van der Waals surface area contributed by atoms with Crippen molar-refractivity contribution in [3.8, 4) is 0 Å².